The van der Waals surface area contributed by atoms with Crippen LogP contribution in [0, 0.1) is 0 Å². The maximum Gasteiger partial charge on any atom is 0.214 e. The molecule has 0 aliphatic heterocycles. The first-order chi connectivity index (χ1) is 8.52. The summed E-state index contributed by atoms with van der Waals surface area (Å²) in [6.07, 6.45) is 2.71. The van der Waals surface area contributed by atoms with Gasteiger partial charge in [0.15, 0.2) is 0 Å². The molecule has 1 aromatic rings. The Bertz CT molecular complexity index is 495. The van der Waals surface area contributed by atoms with Crippen molar-refractivity contribution in [3.63, 3.8) is 0 Å². The van der Waals surface area contributed by atoms with Gasteiger partial charge in [-0.1, -0.05) is 0 Å². The predicted molar refractivity (Wildman–Crippen MR) is 73.4 cm³/mol. The summed E-state index contributed by atoms with van der Waals surface area (Å²) in [5.41, 5.74) is 1.15. The van der Waals surface area contributed by atoms with E-state index in [0.29, 0.717) is 0 Å². The molecule has 2 rings (SSSR count). The summed E-state index contributed by atoms with van der Waals surface area (Å²) < 4.78 is 31.8. The molecule has 1 aliphatic rings. The van der Waals surface area contributed by atoms with Gasteiger partial charge < -0.3 is 4.74 Å². The van der Waals surface area contributed by atoms with Gasteiger partial charge in [0.2, 0.25) is 10.0 Å². The first kappa shape index (κ1) is 14.0. The average molecular weight is 289 g/mol. The Balaban J connectivity index is 2.07. The molecule has 4 nitrogen and oxygen atoms in total. The zero-order valence-corrected chi connectivity index (χ0v) is 12.3. The summed E-state index contributed by atoms with van der Waals surface area (Å²) in [5, 5.41) is 2.04. The number of fused-ring (bicyclic) bond motifs is 1. The van der Waals surface area contributed by atoms with Gasteiger partial charge in [-0.2, -0.15) is 0 Å². The average Bonchev–Trinajstić information content (AvgIpc) is 2.77. The molecular weight excluding hydrogens is 270 g/mol. The third kappa shape index (κ3) is 3.32. The van der Waals surface area contributed by atoms with Gasteiger partial charge in [0.05, 0.1) is 11.9 Å². The van der Waals surface area contributed by atoms with Crippen LogP contribution in [0.5, 0.6) is 0 Å². The molecule has 0 fully saturated rings. The quantitative estimate of drug-likeness (QED) is 0.903. The molecule has 1 aliphatic carbocycles. The topological polar surface area (TPSA) is 55.4 Å². The zero-order chi connectivity index (χ0) is 13.2. The Labute approximate surface area is 112 Å². The van der Waals surface area contributed by atoms with Crippen molar-refractivity contribution in [2.45, 2.75) is 38.3 Å². The van der Waals surface area contributed by atoms with Crippen LogP contribution in [0.4, 0.5) is 0 Å². The molecule has 2 atom stereocenters. The molecule has 0 saturated carbocycles. The highest BCUT2D eigenvalue weighted by Crippen LogP contribution is 2.33. The van der Waals surface area contributed by atoms with Gasteiger partial charge in [0.25, 0.3) is 0 Å². The van der Waals surface area contributed by atoms with Crippen molar-refractivity contribution >= 4 is 21.4 Å². The summed E-state index contributed by atoms with van der Waals surface area (Å²) in [5.74, 6) is 0.0134. The summed E-state index contributed by atoms with van der Waals surface area (Å²) in [6.45, 7) is 1.76. The number of rotatable bonds is 5. The zero-order valence-electron chi connectivity index (χ0n) is 10.7. The molecule has 18 heavy (non-hydrogen) atoms. The standard InChI is InChI=1S/C12H19NO3S2/c1-9(16-2)8-18(14,15)13-11-4-3-5-12-10(11)6-7-17-12/h6-7,9,11,13H,3-5,8H2,1-2H3/t9-,11+/m0/s1. The summed E-state index contributed by atoms with van der Waals surface area (Å²) in [7, 11) is -1.76. The molecule has 0 radical (unpaired) electrons. The van der Waals surface area contributed by atoms with Crippen LogP contribution >= 0.6 is 11.3 Å². The van der Waals surface area contributed by atoms with E-state index in [1.807, 2.05) is 11.4 Å². The maximum atomic E-state index is 12.0. The Morgan fingerprint density at radius 1 is 1.61 bits per heavy atom. The van der Waals surface area contributed by atoms with Gasteiger partial charge in [-0.05, 0) is 43.2 Å². The van der Waals surface area contributed by atoms with Crippen LogP contribution < -0.4 is 4.72 Å². The molecule has 6 heteroatoms. The molecule has 102 valence electrons. The highest BCUT2D eigenvalue weighted by Gasteiger charge is 2.26. The summed E-state index contributed by atoms with van der Waals surface area (Å²) in [6, 6.07) is 1.97. The van der Waals surface area contributed by atoms with Crippen LogP contribution in [-0.4, -0.2) is 27.4 Å². The lowest BCUT2D eigenvalue weighted by Gasteiger charge is -2.24. The van der Waals surface area contributed by atoms with E-state index in [2.05, 4.69) is 4.72 Å². The van der Waals surface area contributed by atoms with Crippen molar-refractivity contribution < 1.29 is 13.2 Å². The van der Waals surface area contributed by atoms with E-state index in [1.165, 1.54) is 12.0 Å². The highest BCUT2D eigenvalue weighted by atomic mass is 32.2. The van der Waals surface area contributed by atoms with E-state index in [9.17, 15) is 8.42 Å². The van der Waals surface area contributed by atoms with Crippen molar-refractivity contribution in [3.05, 3.63) is 21.9 Å². The Morgan fingerprint density at radius 2 is 2.39 bits per heavy atom. The van der Waals surface area contributed by atoms with Crippen molar-refractivity contribution in [1.29, 1.82) is 0 Å². The summed E-state index contributed by atoms with van der Waals surface area (Å²) >= 11 is 1.71. The van der Waals surface area contributed by atoms with Crippen LogP contribution in [0.1, 0.15) is 36.2 Å². The number of hydrogen-bond donors (Lipinski definition) is 1. The van der Waals surface area contributed by atoms with Crippen LogP contribution in [0.2, 0.25) is 0 Å². The van der Waals surface area contributed by atoms with Crippen molar-refractivity contribution in [2.75, 3.05) is 12.9 Å². The molecule has 0 spiro atoms. The third-order valence-corrected chi connectivity index (χ3v) is 5.78. The number of hydrogen-bond acceptors (Lipinski definition) is 4. The van der Waals surface area contributed by atoms with Gasteiger partial charge in [0.1, 0.15) is 0 Å². The second-order valence-corrected chi connectivity index (χ2v) is 7.49. The molecule has 1 heterocycles. The number of sulfonamides is 1. The van der Waals surface area contributed by atoms with Crippen molar-refractivity contribution in [3.8, 4) is 0 Å². The van der Waals surface area contributed by atoms with Gasteiger partial charge in [-0.25, -0.2) is 13.1 Å². The second-order valence-electron chi connectivity index (χ2n) is 4.69. The van der Waals surface area contributed by atoms with E-state index in [4.69, 9.17) is 4.74 Å². The first-order valence-electron chi connectivity index (χ1n) is 6.11. The highest BCUT2D eigenvalue weighted by molar-refractivity contribution is 7.89. The smallest absolute Gasteiger partial charge is 0.214 e. The van der Waals surface area contributed by atoms with E-state index in [-0.39, 0.29) is 17.9 Å². The molecule has 0 bridgehead atoms. The van der Waals surface area contributed by atoms with Gasteiger partial charge in [0, 0.05) is 18.0 Å². The minimum Gasteiger partial charge on any atom is -0.381 e. The van der Waals surface area contributed by atoms with E-state index in [0.717, 1.165) is 24.8 Å². The van der Waals surface area contributed by atoms with Crippen LogP contribution in [-0.2, 0) is 21.2 Å². The molecular formula is C12H19NO3S2. The lowest BCUT2D eigenvalue weighted by Crippen LogP contribution is -2.35. The fourth-order valence-electron chi connectivity index (χ4n) is 2.25. The van der Waals surface area contributed by atoms with E-state index >= 15 is 0 Å². The van der Waals surface area contributed by atoms with Gasteiger partial charge >= 0.3 is 0 Å². The normalized spacial score (nSPS) is 21.6. The van der Waals surface area contributed by atoms with Crippen LogP contribution in [0.15, 0.2) is 11.4 Å². The van der Waals surface area contributed by atoms with E-state index in [1.54, 1.807) is 18.3 Å². The fraction of sp³-hybridized carbons (Fsp3) is 0.667. The maximum absolute atomic E-state index is 12.0. The van der Waals surface area contributed by atoms with Crippen LogP contribution in [0.3, 0.4) is 0 Å². The minimum atomic E-state index is -3.28. The lowest BCUT2D eigenvalue weighted by atomic mass is 9.95. The van der Waals surface area contributed by atoms with Gasteiger partial charge in [-0.3, -0.25) is 0 Å². The summed E-state index contributed by atoms with van der Waals surface area (Å²) in [4.78, 5) is 1.31. The molecule has 0 unspecified atom stereocenters. The number of methoxy groups -OCH3 is 1. The molecule has 1 aromatic heterocycles. The van der Waals surface area contributed by atoms with E-state index < -0.39 is 10.0 Å². The number of nitrogens with one attached hydrogen (secondary N) is 1. The molecule has 1 N–H and O–H groups in total. The fourth-order valence-corrected chi connectivity index (χ4v) is 4.77. The Morgan fingerprint density at radius 3 is 3.11 bits per heavy atom. The molecule has 0 aromatic carbocycles. The molecule has 0 amide bonds. The molecule has 0 saturated heterocycles. The largest absolute Gasteiger partial charge is 0.381 e. The Kier molecular flexibility index (Phi) is 4.42. The minimum absolute atomic E-state index is 0.0134. The number of ether oxygens (including phenoxy) is 1. The lowest BCUT2D eigenvalue weighted by molar-refractivity contribution is 0.136. The number of aryl methyl sites for hydroxylation is 1. The second kappa shape index (κ2) is 5.69. The number of thiophene rings is 1. The predicted octanol–water partition coefficient (Wildman–Crippen LogP) is 2.08. The van der Waals surface area contributed by atoms with Gasteiger partial charge in [-0.15, -0.1) is 11.3 Å². The monoisotopic (exact) mass is 289 g/mol. The third-order valence-electron chi connectivity index (χ3n) is 3.23. The van der Waals surface area contributed by atoms with Crippen molar-refractivity contribution in [2.24, 2.45) is 0 Å². The first-order valence-corrected chi connectivity index (χ1v) is 8.64. The van der Waals surface area contributed by atoms with Crippen molar-refractivity contribution in [1.82, 2.24) is 4.72 Å². The van der Waals surface area contributed by atoms with Crippen LogP contribution in [0.25, 0.3) is 0 Å². The SMILES string of the molecule is CO[C@@H](C)CS(=O)(=O)N[C@@H]1CCCc2sccc21. The Hall–Kier alpha value is -0.430.